The molecule has 0 atom stereocenters. The van der Waals surface area contributed by atoms with Gasteiger partial charge in [0.25, 0.3) is 0 Å². The van der Waals surface area contributed by atoms with E-state index < -0.39 is 0 Å². The first-order chi connectivity index (χ1) is 24.3. The maximum Gasteiger partial charge on any atom is 0.227 e. The lowest BCUT2D eigenvalue weighted by atomic mass is 9.98. The normalized spacial score (nSPS) is 11.7. The lowest BCUT2D eigenvalue weighted by Gasteiger charge is -2.27. The summed E-state index contributed by atoms with van der Waals surface area (Å²) in [6.45, 7) is 0. The van der Waals surface area contributed by atoms with E-state index in [2.05, 4.69) is 126 Å². The van der Waals surface area contributed by atoms with Crippen LogP contribution in [0.5, 0.6) is 0 Å². The maximum absolute atomic E-state index is 6.29. The van der Waals surface area contributed by atoms with Gasteiger partial charge in [-0.3, -0.25) is 0 Å². The molecule has 0 aliphatic rings. The van der Waals surface area contributed by atoms with Gasteiger partial charge in [-0.15, -0.1) is 0 Å². The van der Waals surface area contributed by atoms with Crippen molar-refractivity contribution in [3.8, 4) is 22.6 Å². The molecule has 49 heavy (non-hydrogen) atoms. The van der Waals surface area contributed by atoms with Crippen molar-refractivity contribution in [2.24, 2.45) is 0 Å². The predicted octanol–water partition coefficient (Wildman–Crippen LogP) is 12.8. The van der Waals surface area contributed by atoms with Crippen LogP contribution in [0.2, 0.25) is 0 Å². The zero-order chi connectivity index (χ0) is 32.3. The molecule has 2 heterocycles. The predicted molar refractivity (Wildman–Crippen MR) is 202 cm³/mol. The van der Waals surface area contributed by atoms with Crippen LogP contribution in [0.3, 0.4) is 0 Å². The fraction of sp³-hybridized carbons (Fsp3) is 0. The number of hydrogen-bond acceptors (Lipinski definition) is 4. The average molecular weight is 629 g/mol. The molecule has 0 amide bonds. The van der Waals surface area contributed by atoms with Crippen molar-refractivity contribution in [3.05, 3.63) is 170 Å². The molecule has 0 saturated heterocycles. The van der Waals surface area contributed by atoms with Gasteiger partial charge < -0.3 is 13.7 Å². The summed E-state index contributed by atoms with van der Waals surface area (Å²) in [5.41, 5.74) is 9.90. The Kier molecular flexibility index (Phi) is 6.15. The maximum atomic E-state index is 6.29. The van der Waals surface area contributed by atoms with Crippen molar-refractivity contribution in [1.29, 1.82) is 0 Å². The molecule has 4 heteroatoms. The molecule has 8 aromatic carbocycles. The van der Waals surface area contributed by atoms with Crippen LogP contribution < -0.4 is 4.90 Å². The lowest BCUT2D eigenvalue weighted by molar-refractivity contribution is 0.620. The summed E-state index contributed by atoms with van der Waals surface area (Å²) in [7, 11) is 0. The highest BCUT2D eigenvalue weighted by Crippen LogP contribution is 2.43. The number of para-hydroxylation sites is 2. The molecule has 0 spiro atoms. The molecule has 0 unspecified atom stereocenters. The van der Waals surface area contributed by atoms with E-state index in [1.807, 2.05) is 48.5 Å². The molecule has 0 aliphatic carbocycles. The van der Waals surface area contributed by atoms with Gasteiger partial charge in [-0.05, 0) is 88.6 Å². The smallest absolute Gasteiger partial charge is 0.227 e. The zero-order valence-corrected chi connectivity index (χ0v) is 26.4. The number of nitrogens with zero attached hydrogens (tertiary/aromatic N) is 2. The van der Waals surface area contributed by atoms with Crippen molar-refractivity contribution in [2.45, 2.75) is 0 Å². The second-order valence-corrected chi connectivity index (χ2v) is 12.4. The Balaban J connectivity index is 1.11. The molecule has 0 N–H and O–H groups in total. The van der Waals surface area contributed by atoms with Crippen molar-refractivity contribution < 1.29 is 8.83 Å². The first-order valence-corrected chi connectivity index (χ1v) is 16.5. The highest BCUT2D eigenvalue weighted by Gasteiger charge is 2.19. The molecule has 230 valence electrons. The van der Waals surface area contributed by atoms with Crippen LogP contribution in [0.1, 0.15) is 0 Å². The van der Waals surface area contributed by atoms with Crippen molar-refractivity contribution in [2.75, 3.05) is 4.90 Å². The number of benzene rings is 8. The molecule has 10 aromatic rings. The molecule has 0 bridgehead atoms. The third kappa shape index (κ3) is 4.49. The monoisotopic (exact) mass is 628 g/mol. The molecule has 10 rings (SSSR count). The van der Waals surface area contributed by atoms with Gasteiger partial charge in [-0.25, -0.2) is 4.98 Å². The number of anilines is 3. The van der Waals surface area contributed by atoms with Gasteiger partial charge in [0.15, 0.2) is 5.58 Å². The van der Waals surface area contributed by atoms with Crippen LogP contribution in [0.25, 0.3) is 77.2 Å². The molecule has 0 fully saturated rings. The Bertz CT molecular complexity index is 2820. The number of fused-ring (bicyclic) bond motifs is 8. The van der Waals surface area contributed by atoms with E-state index in [-0.39, 0.29) is 0 Å². The van der Waals surface area contributed by atoms with Crippen LogP contribution in [-0.4, -0.2) is 4.98 Å². The SMILES string of the molecule is c1ccc(-c2nc3c(ccc4ccc5c(N(c6ccccc6)c6ccc(-c7ccc8c(c7)oc7ccccc78)cc6)cccc5c43)o2)cc1. The van der Waals surface area contributed by atoms with Crippen LogP contribution in [0, 0.1) is 0 Å². The molecule has 2 aromatic heterocycles. The van der Waals surface area contributed by atoms with E-state index in [4.69, 9.17) is 13.8 Å². The highest BCUT2D eigenvalue weighted by atomic mass is 16.3. The minimum atomic E-state index is 0.627. The van der Waals surface area contributed by atoms with Crippen LogP contribution >= 0.6 is 0 Å². The second kappa shape index (κ2) is 11.0. The van der Waals surface area contributed by atoms with Crippen LogP contribution in [0.4, 0.5) is 17.1 Å². The highest BCUT2D eigenvalue weighted by molar-refractivity contribution is 6.21. The van der Waals surface area contributed by atoms with E-state index in [0.29, 0.717) is 5.89 Å². The fourth-order valence-electron chi connectivity index (χ4n) is 7.16. The van der Waals surface area contributed by atoms with Crippen molar-refractivity contribution in [3.63, 3.8) is 0 Å². The van der Waals surface area contributed by atoms with E-state index in [1.54, 1.807) is 0 Å². The molecule has 0 aliphatic heterocycles. The third-order valence-corrected chi connectivity index (χ3v) is 9.49. The topological polar surface area (TPSA) is 42.4 Å². The number of furan rings is 1. The average Bonchev–Trinajstić information content (AvgIpc) is 3.78. The summed E-state index contributed by atoms with van der Waals surface area (Å²) < 4.78 is 12.5. The van der Waals surface area contributed by atoms with Gasteiger partial charge in [-0.2, -0.15) is 0 Å². The molecular formula is C45H28N2O2. The Hall–Kier alpha value is -6.65. The fourth-order valence-corrected chi connectivity index (χ4v) is 7.16. The zero-order valence-electron chi connectivity index (χ0n) is 26.4. The largest absolute Gasteiger partial charge is 0.456 e. The Morgan fingerprint density at radius 1 is 0.408 bits per heavy atom. The lowest BCUT2D eigenvalue weighted by Crippen LogP contribution is -2.10. The van der Waals surface area contributed by atoms with Gasteiger partial charge in [0.2, 0.25) is 5.89 Å². The standard InChI is InChI=1S/C45H28N2O2/c1-3-10-31(11-4-1)45-46-44-41(49-45)27-22-30-20-25-35-38(43(30)44)15-9-16-39(35)47(33-12-5-2-6-13-33)34-23-18-29(19-24-34)32-21-26-37-36-14-7-8-17-40(36)48-42(37)28-32/h1-28H. The van der Waals surface area contributed by atoms with E-state index in [0.717, 1.165) is 88.3 Å². The number of aromatic nitrogens is 1. The van der Waals surface area contributed by atoms with E-state index in [1.165, 1.54) is 0 Å². The molecular weight excluding hydrogens is 601 g/mol. The van der Waals surface area contributed by atoms with Crippen LogP contribution in [-0.2, 0) is 0 Å². The first kappa shape index (κ1) is 27.5. The summed E-state index contributed by atoms with van der Waals surface area (Å²) in [5, 5.41) is 6.75. The molecule has 0 radical (unpaired) electrons. The minimum absolute atomic E-state index is 0.627. The van der Waals surface area contributed by atoms with E-state index in [9.17, 15) is 0 Å². The third-order valence-electron chi connectivity index (χ3n) is 9.49. The summed E-state index contributed by atoms with van der Waals surface area (Å²) >= 11 is 0. The Labute approximate surface area is 282 Å². The summed E-state index contributed by atoms with van der Waals surface area (Å²) in [5.74, 6) is 0.627. The molecule has 4 nitrogen and oxygen atoms in total. The van der Waals surface area contributed by atoms with Gasteiger partial charge in [-0.1, -0.05) is 103 Å². The molecule has 0 saturated carbocycles. The Morgan fingerprint density at radius 3 is 1.94 bits per heavy atom. The van der Waals surface area contributed by atoms with Gasteiger partial charge in [0.05, 0.1) is 5.69 Å². The minimum Gasteiger partial charge on any atom is -0.456 e. The van der Waals surface area contributed by atoms with E-state index >= 15 is 0 Å². The van der Waals surface area contributed by atoms with Crippen LogP contribution in [0.15, 0.2) is 179 Å². The first-order valence-electron chi connectivity index (χ1n) is 16.5. The summed E-state index contributed by atoms with van der Waals surface area (Å²) in [6, 6.07) is 59.2. The van der Waals surface area contributed by atoms with Gasteiger partial charge >= 0.3 is 0 Å². The van der Waals surface area contributed by atoms with Gasteiger partial charge in [0, 0.05) is 38.5 Å². The number of rotatable bonds is 5. The van der Waals surface area contributed by atoms with Crippen molar-refractivity contribution >= 4 is 71.6 Å². The second-order valence-electron chi connectivity index (χ2n) is 12.4. The Morgan fingerprint density at radius 2 is 1.08 bits per heavy atom. The summed E-state index contributed by atoms with van der Waals surface area (Å²) in [6.07, 6.45) is 0. The summed E-state index contributed by atoms with van der Waals surface area (Å²) in [4.78, 5) is 7.37. The number of oxazole rings is 1. The number of hydrogen-bond donors (Lipinski definition) is 0. The quantitative estimate of drug-likeness (QED) is 0.178. The van der Waals surface area contributed by atoms with Gasteiger partial charge in [0.1, 0.15) is 16.7 Å². The van der Waals surface area contributed by atoms with Crippen molar-refractivity contribution in [1.82, 2.24) is 4.98 Å².